The van der Waals surface area contributed by atoms with Crippen molar-refractivity contribution >= 4 is 22.9 Å². The quantitative estimate of drug-likeness (QED) is 0.841. The van der Waals surface area contributed by atoms with Crippen molar-refractivity contribution in [3.05, 3.63) is 16.3 Å². The van der Waals surface area contributed by atoms with E-state index in [0.29, 0.717) is 16.5 Å². The summed E-state index contributed by atoms with van der Waals surface area (Å²) in [6.07, 6.45) is 0. The van der Waals surface area contributed by atoms with Gasteiger partial charge in [0, 0.05) is 12.6 Å². The van der Waals surface area contributed by atoms with Crippen molar-refractivity contribution < 1.29 is 4.79 Å². The van der Waals surface area contributed by atoms with Crippen molar-refractivity contribution in [2.24, 2.45) is 5.92 Å². The minimum atomic E-state index is -0.0712. The van der Waals surface area contributed by atoms with Gasteiger partial charge in [-0.05, 0) is 31.5 Å². The second kappa shape index (κ2) is 6.02. The fourth-order valence-corrected chi connectivity index (χ4v) is 2.27. The molecule has 0 radical (unpaired) electrons. The first-order valence-electron chi connectivity index (χ1n) is 5.70. The number of carbonyl (C=O) groups is 1. The van der Waals surface area contributed by atoms with E-state index >= 15 is 0 Å². The Balaban J connectivity index is 2.68. The van der Waals surface area contributed by atoms with E-state index < -0.39 is 0 Å². The molecule has 0 saturated carbocycles. The highest BCUT2D eigenvalue weighted by molar-refractivity contribution is 7.12. The molecule has 0 bridgehead atoms. The van der Waals surface area contributed by atoms with Crippen molar-refractivity contribution in [2.45, 2.75) is 19.9 Å². The van der Waals surface area contributed by atoms with Crippen molar-refractivity contribution in [3.8, 4) is 0 Å². The van der Waals surface area contributed by atoms with E-state index in [2.05, 4.69) is 24.1 Å². The van der Waals surface area contributed by atoms with Crippen LogP contribution in [0.5, 0.6) is 0 Å². The Morgan fingerprint density at radius 1 is 1.53 bits per heavy atom. The molecular weight excluding hydrogens is 234 g/mol. The zero-order valence-corrected chi connectivity index (χ0v) is 11.7. The number of nitrogens with one attached hydrogen (secondary N) is 1. The fraction of sp³-hybridized carbons (Fsp3) is 0.583. The molecule has 17 heavy (non-hydrogen) atoms. The van der Waals surface area contributed by atoms with Crippen LogP contribution in [0.1, 0.15) is 23.5 Å². The monoisotopic (exact) mass is 255 g/mol. The van der Waals surface area contributed by atoms with Gasteiger partial charge < -0.3 is 16.0 Å². The number of anilines is 1. The van der Waals surface area contributed by atoms with Crippen LogP contribution in [0.2, 0.25) is 0 Å². The first-order valence-corrected chi connectivity index (χ1v) is 6.58. The maximum atomic E-state index is 12.0. The molecule has 0 aromatic carbocycles. The Kier molecular flexibility index (Phi) is 4.96. The Morgan fingerprint density at radius 2 is 2.18 bits per heavy atom. The van der Waals surface area contributed by atoms with Gasteiger partial charge in [-0.1, -0.05) is 13.8 Å². The molecule has 1 amide bonds. The van der Waals surface area contributed by atoms with E-state index in [9.17, 15) is 4.79 Å². The summed E-state index contributed by atoms with van der Waals surface area (Å²) >= 11 is 1.38. The van der Waals surface area contributed by atoms with Gasteiger partial charge in [-0.3, -0.25) is 4.79 Å². The Bertz CT molecular complexity index is 374. The van der Waals surface area contributed by atoms with Gasteiger partial charge in [0.15, 0.2) is 0 Å². The third-order valence-electron chi connectivity index (χ3n) is 2.58. The molecule has 0 fully saturated rings. The number of likely N-dealkylation sites (N-methyl/N-ethyl adjacent to an activating group) is 1. The topological polar surface area (TPSA) is 58.4 Å². The van der Waals surface area contributed by atoms with Crippen molar-refractivity contribution in [3.63, 3.8) is 0 Å². The molecule has 4 nitrogen and oxygen atoms in total. The summed E-state index contributed by atoms with van der Waals surface area (Å²) in [6.45, 7) is 5.03. The molecule has 1 rings (SSSR count). The first kappa shape index (κ1) is 14.0. The van der Waals surface area contributed by atoms with E-state index in [-0.39, 0.29) is 11.9 Å². The van der Waals surface area contributed by atoms with Crippen molar-refractivity contribution in [1.29, 1.82) is 0 Å². The van der Waals surface area contributed by atoms with Crippen LogP contribution in [-0.4, -0.2) is 37.5 Å². The van der Waals surface area contributed by atoms with Gasteiger partial charge in [0.05, 0.1) is 5.69 Å². The van der Waals surface area contributed by atoms with Gasteiger partial charge in [-0.15, -0.1) is 11.3 Å². The summed E-state index contributed by atoms with van der Waals surface area (Å²) in [5, 5.41) is 4.87. The fourth-order valence-electron chi connectivity index (χ4n) is 1.55. The van der Waals surface area contributed by atoms with Gasteiger partial charge in [0.2, 0.25) is 0 Å². The summed E-state index contributed by atoms with van der Waals surface area (Å²) in [5.41, 5.74) is 6.29. The maximum absolute atomic E-state index is 12.0. The number of carbonyl (C=O) groups excluding carboxylic acids is 1. The number of nitrogen functional groups attached to an aromatic ring is 1. The molecule has 1 heterocycles. The molecule has 1 aromatic heterocycles. The van der Waals surface area contributed by atoms with Crippen molar-refractivity contribution in [2.75, 3.05) is 26.4 Å². The molecule has 1 unspecified atom stereocenters. The molecular formula is C12H21N3OS. The van der Waals surface area contributed by atoms with E-state index in [4.69, 9.17) is 5.73 Å². The minimum absolute atomic E-state index is 0.0712. The lowest BCUT2D eigenvalue weighted by Gasteiger charge is -2.25. The van der Waals surface area contributed by atoms with Gasteiger partial charge in [-0.2, -0.15) is 0 Å². The molecule has 5 heteroatoms. The lowest BCUT2D eigenvalue weighted by Crippen LogP contribution is -2.44. The van der Waals surface area contributed by atoms with Crippen LogP contribution < -0.4 is 11.1 Å². The van der Waals surface area contributed by atoms with E-state index in [1.807, 2.05) is 19.5 Å². The van der Waals surface area contributed by atoms with Crippen LogP contribution in [0.25, 0.3) is 0 Å². The first-order chi connectivity index (χ1) is 7.91. The predicted octanol–water partition coefficient (Wildman–Crippen LogP) is 1.65. The van der Waals surface area contributed by atoms with Crippen LogP contribution >= 0.6 is 11.3 Å². The number of amides is 1. The van der Waals surface area contributed by atoms with Crippen LogP contribution in [0, 0.1) is 5.92 Å². The lowest BCUT2D eigenvalue weighted by atomic mass is 10.0. The van der Waals surface area contributed by atoms with Crippen LogP contribution in [0.3, 0.4) is 0 Å². The molecule has 0 spiro atoms. The Labute approximate surface area is 107 Å². The van der Waals surface area contributed by atoms with Crippen LogP contribution in [0.4, 0.5) is 5.69 Å². The van der Waals surface area contributed by atoms with Gasteiger partial charge in [-0.25, -0.2) is 0 Å². The number of hydrogen-bond acceptors (Lipinski definition) is 4. The minimum Gasteiger partial charge on any atom is -0.397 e. The number of nitrogens with zero attached hydrogens (tertiary/aromatic N) is 1. The summed E-state index contributed by atoms with van der Waals surface area (Å²) in [6, 6.07) is 1.90. The molecule has 3 N–H and O–H groups in total. The molecule has 0 aliphatic rings. The third kappa shape index (κ3) is 4.02. The number of thiophene rings is 1. The highest BCUT2D eigenvalue weighted by atomic mass is 32.1. The van der Waals surface area contributed by atoms with Gasteiger partial charge >= 0.3 is 0 Å². The summed E-state index contributed by atoms with van der Waals surface area (Å²) in [5.74, 6) is 0.320. The number of rotatable bonds is 5. The summed E-state index contributed by atoms with van der Waals surface area (Å²) < 4.78 is 0. The van der Waals surface area contributed by atoms with Crippen LogP contribution in [-0.2, 0) is 0 Å². The Morgan fingerprint density at radius 3 is 2.59 bits per heavy atom. The molecule has 0 aliphatic carbocycles. The largest absolute Gasteiger partial charge is 0.397 e. The third-order valence-corrected chi connectivity index (χ3v) is 3.51. The van der Waals surface area contributed by atoms with E-state index in [1.165, 1.54) is 11.3 Å². The SMILES string of the molecule is CC(C)C(CN(C)C)NC(=O)c1sccc1N. The predicted molar refractivity (Wildman–Crippen MR) is 73.4 cm³/mol. The number of nitrogens with two attached hydrogens (primary N) is 1. The average Bonchev–Trinajstić information content (AvgIpc) is 2.62. The van der Waals surface area contributed by atoms with Gasteiger partial charge in [0.1, 0.15) is 4.88 Å². The zero-order valence-electron chi connectivity index (χ0n) is 10.9. The Hall–Kier alpha value is -1.07. The summed E-state index contributed by atoms with van der Waals surface area (Å²) in [4.78, 5) is 14.7. The summed E-state index contributed by atoms with van der Waals surface area (Å²) in [7, 11) is 4.00. The van der Waals surface area contributed by atoms with E-state index in [1.54, 1.807) is 6.07 Å². The zero-order chi connectivity index (χ0) is 13.0. The average molecular weight is 255 g/mol. The normalized spacial score (nSPS) is 13.1. The van der Waals surface area contributed by atoms with Crippen molar-refractivity contribution in [1.82, 2.24) is 10.2 Å². The molecule has 1 aromatic rings. The number of hydrogen-bond donors (Lipinski definition) is 2. The maximum Gasteiger partial charge on any atom is 0.263 e. The highest BCUT2D eigenvalue weighted by Crippen LogP contribution is 2.19. The molecule has 0 saturated heterocycles. The van der Waals surface area contributed by atoms with Gasteiger partial charge in [0.25, 0.3) is 5.91 Å². The van der Waals surface area contributed by atoms with Crippen LogP contribution in [0.15, 0.2) is 11.4 Å². The molecule has 1 atom stereocenters. The highest BCUT2D eigenvalue weighted by Gasteiger charge is 2.19. The molecule has 96 valence electrons. The smallest absolute Gasteiger partial charge is 0.263 e. The molecule has 0 aliphatic heterocycles. The second-order valence-corrected chi connectivity index (χ2v) is 5.71. The standard InChI is InChI=1S/C12H21N3OS/c1-8(2)10(7-15(3)4)14-12(16)11-9(13)5-6-17-11/h5-6,8,10H,7,13H2,1-4H3,(H,14,16). The van der Waals surface area contributed by atoms with E-state index in [0.717, 1.165) is 6.54 Å². The lowest BCUT2D eigenvalue weighted by molar-refractivity contribution is 0.0921. The second-order valence-electron chi connectivity index (χ2n) is 4.79.